The first-order chi connectivity index (χ1) is 10.9. The largest absolute Gasteiger partial charge is 0.349 e. The Labute approximate surface area is 136 Å². The second kappa shape index (κ2) is 7.37. The number of rotatable bonds is 6. The van der Waals surface area contributed by atoms with Crippen molar-refractivity contribution in [1.82, 2.24) is 10.3 Å². The molecular weight excluding hydrogens is 312 g/mol. The summed E-state index contributed by atoms with van der Waals surface area (Å²) >= 11 is 0. The van der Waals surface area contributed by atoms with E-state index in [0.29, 0.717) is 0 Å². The molecule has 5 nitrogen and oxygen atoms in total. The molecule has 1 N–H and O–H groups in total. The van der Waals surface area contributed by atoms with E-state index >= 15 is 0 Å². The number of pyridine rings is 1. The normalized spacial score (nSPS) is 12.6. The minimum absolute atomic E-state index is 0.0548. The number of amides is 1. The summed E-state index contributed by atoms with van der Waals surface area (Å²) in [6.45, 7) is 2.01. The van der Waals surface area contributed by atoms with E-state index in [2.05, 4.69) is 10.3 Å². The third-order valence-electron chi connectivity index (χ3n) is 3.57. The van der Waals surface area contributed by atoms with Gasteiger partial charge in [-0.05, 0) is 41.8 Å². The number of benzene rings is 1. The molecular formula is C17H20N2O3S. The van der Waals surface area contributed by atoms with Gasteiger partial charge in [0, 0.05) is 18.6 Å². The van der Waals surface area contributed by atoms with Gasteiger partial charge >= 0.3 is 0 Å². The average Bonchev–Trinajstić information content (AvgIpc) is 2.53. The van der Waals surface area contributed by atoms with E-state index in [-0.39, 0.29) is 23.3 Å². The van der Waals surface area contributed by atoms with E-state index in [1.807, 2.05) is 19.1 Å². The highest BCUT2D eigenvalue weighted by Crippen LogP contribution is 2.16. The summed E-state index contributed by atoms with van der Waals surface area (Å²) < 4.78 is 22.8. The van der Waals surface area contributed by atoms with Crippen LogP contribution in [0.2, 0.25) is 0 Å². The zero-order valence-electron chi connectivity index (χ0n) is 13.2. The predicted octanol–water partition coefficient (Wildman–Crippen LogP) is 2.30. The maximum Gasteiger partial charge on any atom is 0.224 e. The van der Waals surface area contributed by atoms with E-state index < -0.39 is 9.84 Å². The molecule has 122 valence electrons. The van der Waals surface area contributed by atoms with Crippen LogP contribution in [0.4, 0.5) is 0 Å². The van der Waals surface area contributed by atoms with E-state index in [1.165, 1.54) is 12.1 Å². The van der Waals surface area contributed by atoms with Crippen LogP contribution < -0.4 is 5.32 Å². The molecule has 0 aliphatic rings. The van der Waals surface area contributed by atoms with Crippen LogP contribution in [0.1, 0.15) is 30.5 Å². The summed E-state index contributed by atoms with van der Waals surface area (Å²) in [5.74, 6) is -0.0965. The number of nitrogens with zero attached hydrogens (tertiary/aromatic N) is 1. The molecule has 0 saturated heterocycles. The Morgan fingerprint density at radius 2 is 1.74 bits per heavy atom. The molecule has 2 aromatic rings. The second-order valence-electron chi connectivity index (χ2n) is 5.40. The van der Waals surface area contributed by atoms with Gasteiger partial charge in [-0.3, -0.25) is 9.78 Å². The van der Waals surface area contributed by atoms with Gasteiger partial charge in [-0.15, -0.1) is 0 Å². The van der Waals surface area contributed by atoms with Crippen LogP contribution in [0, 0.1) is 0 Å². The molecule has 0 saturated carbocycles. The maximum atomic E-state index is 12.2. The summed E-state index contributed by atoms with van der Waals surface area (Å²) in [6.07, 6.45) is 5.56. The molecule has 0 fully saturated rings. The first-order valence-corrected chi connectivity index (χ1v) is 9.27. The summed E-state index contributed by atoms with van der Waals surface area (Å²) in [4.78, 5) is 16.4. The third kappa shape index (κ3) is 4.89. The number of sulfone groups is 1. The highest BCUT2D eigenvalue weighted by Gasteiger charge is 2.13. The number of nitrogens with one attached hydrogen (secondary N) is 1. The molecule has 1 atom stereocenters. The number of carbonyl (C=O) groups excluding carboxylic acids is 1. The lowest BCUT2D eigenvalue weighted by atomic mass is 10.1. The Morgan fingerprint density at radius 3 is 2.26 bits per heavy atom. The number of carbonyl (C=O) groups is 1. The van der Waals surface area contributed by atoms with Crippen LogP contribution in [0.3, 0.4) is 0 Å². The van der Waals surface area contributed by atoms with Crippen molar-refractivity contribution in [2.24, 2.45) is 0 Å². The molecule has 0 spiro atoms. The van der Waals surface area contributed by atoms with Gasteiger partial charge < -0.3 is 5.32 Å². The van der Waals surface area contributed by atoms with E-state index in [0.717, 1.165) is 23.8 Å². The van der Waals surface area contributed by atoms with Crippen molar-refractivity contribution < 1.29 is 13.2 Å². The van der Waals surface area contributed by atoms with Gasteiger partial charge in [-0.25, -0.2) is 8.42 Å². The molecule has 1 aromatic heterocycles. The van der Waals surface area contributed by atoms with Crippen LogP contribution in [-0.4, -0.2) is 25.6 Å². The molecule has 6 heteroatoms. The monoisotopic (exact) mass is 332 g/mol. The lowest BCUT2D eigenvalue weighted by Crippen LogP contribution is -2.29. The van der Waals surface area contributed by atoms with E-state index in [4.69, 9.17) is 0 Å². The van der Waals surface area contributed by atoms with Gasteiger partial charge in [0.1, 0.15) is 0 Å². The zero-order chi connectivity index (χ0) is 16.9. The van der Waals surface area contributed by atoms with Crippen molar-refractivity contribution in [3.8, 4) is 0 Å². The molecule has 0 aliphatic heterocycles. The Balaban J connectivity index is 2.01. The van der Waals surface area contributed by atoms with E-state index in [9.17, 15) is 13.2 Å². The highest BCUT2D eigenvalue weighted by molar-refractivity contribution is 7.90. The minimum Gasteiger partial charge on any atom is -0.349 e. The van der Waals surface area contributed by atoms with Gasteiger partial charge in [-0.1, -0.05) is 19.1 Å². The summed E-state index contributed by atoms with van der Waals surface area (Å²) in [5.41, 5.74) is 1.79. The molecule has 0 radical (unpaired) electrons. The molecule has 1 amide bonds. The molecule has 2 rings (SSSR count). The maximum absolute atomic E-state index is 12.2. The van der Waals surface area contributed by atoms with Crippen molar-refractivity contribution in [3.63, 3.8) is 0 Å². The predicted molar refractivity (Wildman–Crippen MR) is 88.7 cm³/mol. The highest BCUT2D eigenvalue weighted by atomic mass is 32.2. The van der Waals surface area contributed by atoms with Gasteiger partial charge in [0.15, 0.2) is 9.84 Å². The lowest BCUT2D eigenvalue weighted by Gasteiger charge is -2.17. The quantitative estimate of drug-likeness (QED) is 0.880. The van der Waals surface area contributed by atoms with Crippen molar-refractivity contribution >= 4 is 15.7 Å². The van der Waals surface area contributed by atoms with Gasteiger partial charge in [-0.2, -0.15) is 0 Å². The fraction of sp³-hybridized carbons (Fsp3) is 0.294. The van der Waals surface area contributed by atoms with Gasteiger partial charge in [0.05, 0.1) is 17.4 Å². The van der Waals surface area contributed by atoms with Crippen molar-refractivity contribution in [2.75, 3.05) is 6.26 Å². The summed E-state index contributed by atoms with van der Waals surface area (Å²) in [5, 5.41) is 2.99. The fourth-order valence-corrected chi connectivity index (χ4v) is 2.93. The molecule has 1 heterocycles. The van der Waals surface area contributed by atoms with Crippen molar-refractivity contribution in [1.29, 1.82) is 0 Å². The Hall–Kier alpha value is -2.21. The van der Waals surface area contributed by atoms with E-state index in [1.54, 1.807) is 24.5 Å². The molecule has 1 unspecified atom stereocenters. The molecule has 23 heavy (non-hydrogen) atoms. The lowest BCUT2D eigenvalue weighted by molar-refractivity contribution is -0.121. The van der Waals surface area contributed by atoms with Crippen LogP contribution in [-0.2, 0) is 21.1 Å². The Bertz CT molecular complexity index is 756. The topological polar surface area (TPSA) is 76.1 Å². The zero-order valence-corrected chi connectivity index (χ0v) is 14.0. The number of hydrogen-bond donors (Lipinski definition) is 1. The SMILES string of the molecule is CCC(NC(=O)Cc1ccc(S(C)(=O)=O)cc1)c1ccncc1. The Morgan fingerprint density at radius 1 is 1.13 bits per heavy atom. The average molecular weight is 332 g/mol. The summed E-state index contributed by atoms with van der Waals surface area (Å²) in [7, 11) is -3.21. The number of aromatic nitrogens is 1. The molecule has 0 aliphatic carbocycles. The van der Waals surface area contributed by atoms with Crippen LogP contribution in [0.15, 0.2) is 53.7 Å². The molecule has 0 bridgehead atoms. The molecule has 1 aromatic carbocycles. The number of hydrogen-bond acceptors (Lipinski definition) is 4. The Kier molecular flexibility index (Phi) is 5.50. The minimum atomic E-state index is -3.21. The first kappa shape index (κ1) is 17.1. The van der Waals surface area contributed by atoms with Gasteiger partial charge in [0.2, 0.25) is 5.91 Å². The smallest absolute Gasteiger partial charge is 0.224 e. The standard InChI is InChI=1S/C17H20N2O3S/c1-3-16(14-8-10-18-11-9-14)19-17(20)12-13-4-6-15(7-5-13)23(2,21)22/h4-11,16H,3,12H2,1-2H3,(H,19,20). The second-order valence-corrected chi connectivity index (χ2v) is 7.42. The van der Waals surface area contributed by atoms with Crippen molar-refractivity contribution in [2.45, 2.75) is 30.7 Å². The van der Waals surface area contributed by atoms with Crippen molar-refractivity contribution in [3.05, 3.63) is 59.9 Å². The fourth-order valence-electron chi connectivity index (χ4n) is 2.30. The van der Waals surface area contributed by atoms with Crippen LogP contribution in [0.5, 0.6) is 0 Å². The first-order valence-electron chi connectivity index (χ1n) is 7.38. The summed E-state index contributed by atoms with van der Waals surface area (Å²) in [6, 6.07) is 10.1. The third-order valence-corrected chi connectivity index (χ3v) is 4.70. The van der Waals surface area contributed by atoms with Crippen LogP contribution >= 0.6 is 0 Å². The van der Waals surface area contributed by atoms with Crippen LogP contribution in [0.25, 0.3) is 0 Å². The van der Waals surface area contributed by atoms with Gasteiger partial charge in [0.25, 0.3) is 0 Å².